The molecule has 0 aromatic heterocycles. The zero-order chi connectivity index (χ0) is 29.1. The van der Waals surface area contributed by atoms with Crippen LogP contribution in [0.25, 0.3) is 0 Å². The van der Waals surface area contributed by atoms with Crippen molar-refractivity contribution in [1.82, 2.24) is 10.6 Å². The highest BCUT2D eigenvalue weighted by molar-refractivity contribution is 5.81. The minimum atomic E-state index is -1.16. The van der Waals surface area contributed by atoms with Crippen LogP contribution in [-0.2, 0) is 33.7 Å². The highest BCUT2D eigenvalue weighted by Gasteiger charge is 2.39. The lowest BCUT2D eigenvalue weighted by atomic mass is 9.75. The van der Waals surface area contributed by atoms with E-state index in [1.165, 1.54) is 12.7 Å². The van der Waals surface area contributed by atoms with Crippen LogP contribution in [0, 0.1) is 23.5 Å². The van der Waals surface area contributed by atoms with Gasteiger partial charge in [-0.25, -0.2) is 8.78 Å². The van der Waals surface area contributed by atoms with Gasteiger partial charge in [0, 0.05) is 32.2 Å². The van der Waals surface area contributed by atoms with Crippen molar-refractivity contribution in [3.05, 3.63) is 107 Å². The summed E-state index contributed by atoms with van der Waals surface area (Å²) in [6.45, 7) is 2.33. The highest BCUT2D eigenvalue weighted by atomic mass is 19.1. The topological polar surface area (TPSA) is 114 Å². The molecule has 4 atom stereocenters. The predicted octanol–water partition coefficient (Wildman–Crippen LogP) is 3.44. The number of halogens is 2. The summed E-state index contributed by atoms with van der Waals surface area (Å²) in [5, 5.41) is 17.5. The summed E-state index contributed by atoms with van der Waals surface area (Å²) in [6.07, 6.45) is -0.345. The van der Waals surface area contributed by atoms with E-state index in [0.29, 0.717) is 12.1 Å². The van der Waals surface area contributed by atoms with Crippen LogP contribution in [0.15, 0.2) is 72.8 Å². The van der Waals surface area contributed by atoms with E-state index < -0.39 is 47.4 Å². The molecular formula is C31H37F2N3O4. The molecule has 0 aliphatic carbocycles. The average Bonchev–Trinajstić information content (AvgIpc) is 2.92. The van der Waals surface area contributed by atoms with Gasteiger partial charge in [0.1, 0.15) is 18.2 Å². The maximum absolute atomic E-state index is 14.1. The Morgan fingerprint density at radius 2 is 1.62 bits per heavy atom. The molecule has 2 amide bonds. The molecule has 3 aromatic rings. The average molecular weight is 554 g/mol. The number of aryl methyl sites for hydroxylation is 1. The first-order valence-corrected chi connectivity index (χ1v) is 13.3. The Balaban J connectivity index is 1.95. The SMILES string of the molecule is CCc1cccc(CNCC(O)C(Cc2cc(F)cc(F)c2)C(C(N)=O)C(NC(=O)COC)c2ccccc2)c1. The molecule has 9 heteroatoms. The normalized spacial score (nSPS) is 14.2. The lowest BCUT2D eigenvalue weighted by Crippen LogP contribution is -2.49. The molecule has 0 fully saturated rings. The van der Waals surface area contributed by atoms with Crippen LogP contribution in [0.3, 0.4) is 0 Å². The molecule has 3 rings (SSSR count). The van der Waals surface area contributed by atoms with Crippen molar-refractivity contribution in [2.75, 3.05) is 20.3 Å². The fraction of sp³-hybridized carbons (Fsp3) is 0.355. The number of benzene rings is 3. The third kappa shape index (κ3) is 8.94. The van der Waals surface area contributed by atoms with Gasteiger partial charge < -0.3 is 26.2 Å². The Morgan fingerprint density at radius 3 is 2.25 bits per heavy atom. The zero-order valence-electron chi connectivity index (χ0n) is 22.8. The molecule has 0 saturated heterocycles. The first-order valence-electron chi connectivity index (χ1n) is 13.3. The van der Waals surface area contributed by atoms with E-state index in [0.717, 1.165) is 30.2 Å². The molecule has 5 N–H and O–H groups in total. The standard InChI is InChI=1S/C31H37F2N3O4/c1-3-20-8-7-9-21(12-20)17-35-18-27(37)26(15-22-13-24(32)16-25(33)14-22)29(31(34)39)30(36-28(38)19-40-2)23-10-5-4-6-11-23/h4-14,16,26-27,29-30,35,37H,3,15,17-19H2,1-2H3,(H2,34,39)(H,36,38). The Labute approximate surface area is 233 Å². The second kappa shape index (κ2) is 15.2. The number of carbonyl (C=O) groups is 2. The molecule has 40 heavy (non-hydrogen) atoms. The molecule has 0 aliphatic heterocycles. The van der Waals surface area contributed by atoms with Crippen molar-refractivity contribution in [1.29, 1.82) is 0 Å². The van der Waals surface area contributed by atoms with Crippen LogP contribution < -0.4 is 16.4 Å². The zero-order valence-corrected chi connectivity index (χ0v) is 22.8. The van der Waals surface area contributed by atoms with E-state index in [1.54, 1.807) is 30.3 Å². The fourth-order valence-corrected chi connectivity index (χ4v) is 4.99. The van der Waals surface area contributed by atoms with Gasteiger partial charge in [-0.05, 0) is 47.2 Å². The van der Waals surface area contributed by atoms with Gasteiger partial charge >= 0.3 is 0 Å². The molecule has 0 aliphatic rings. The van der Waals surface area contributed by atoms with E-state index in [-0.39, 0.29) is 25.1 Å². The monoisotopic (exact) mass is 553 g/mol. The van der Waals surface area contributed by atoms with Gasteiger partial charge in [0.15, 0.2) is 0 Å². The third-order valence-electron chi connectivity index (χ3n) is 6.87. The number of nitrogens with two attached hydrogens (primary N) is 1. The van der Waals surface area contributed by atoms with Crippen LogP contribution in [0.4, 0.5) is 8.78 Å². The molecule has 214 valence electrons. The minimum absolute atomic E-state index is 0.0656. The van der Waals surface area contributed by atoms with E-state index in [1.807, 2.05) is 18.2 Å². The lowest BCUT2D eigenvalue weighted by Gasteiger charge is -2.35. The van der Waals surface area contributed by atoms with Crippen molar-refractivity contribution >= 4 is 11.8 Å². The smallest absolute Gasteiger partial charge is 0.246 e. The second-order valence-electron chi connectivity index (χ2n) is 9.83. The number of ether oxygens (including phenoxy) is 1. The number of hydrogen-bond acceptors (Lipinski definition) is 5. The summed E-state index contributed by atoms with van der Waals surface area (Å²) in [6, 6.07) is 18.9. The minimum Gasteiger partial charge on any atom is -0.391 e. The second-order valence-corrected chi connectivity index (χ2v) is 9.83. The quantitative estimate of drug-likeness (QED) is 0.230. The first kappa shape index (κ1) is 30.9. The number of rotatable bonds is 15. The Morgan fingerprint density at radius 1 is 0.950 bits per heavy atom. The molecule has 7 nitrogen and oxygen atoms in total. The summed E-state index contributed by atoms with van der Waals surface area (Å²) in [5.41, 5.74) is 8.96. The molecule has 0 radical (unpaired) electrons. The van der Waals surface area contributed by atoms with Crippen molar-refractivity contribution in [3.63, 3.8) is 0 Å². The molecule has 0 heterocycles. The van der Waals surface area contributed by atoms with Crippen molar-refractivity contribution in [3.8, 4) is 0 Å². The molecule has 3 aromatic carbocycles. The predicted molar refractivity (Wildman–Crippen MR) is 149 cm³/mol. The number of amides is 2. The van der Waals surface area contributed by atoms with Crippen LogP contribution >= 0.6 is 0 Å². The van der Waals surface area contributed by atoms with Gasteiger partial charge in [-0.15, -0.1) is 0 Å². The third-order valence-corrected chi connectivity index (χ3v) is 6.87. The maximum atomic E-state index is 14.1. The van der Waals surface area contributed by atoms with Crippen LogP contribution in [0.1, 0.15) is 35.2 Å². The van der Waals surface area contributed by atoms with E-state index in [9.17, 15) is 23.5 Å². The number of nitrogens with one attached hydrogen (secondary N) is 2. The summed E-state index contributed by atoms with van der Waals surface area (Å²) in [7, 11) is 1.37. The summed E-state index contributed by atoms with van der Waals surface area (Å²) < 4.78 is 33.1. The molecule has 0 bridgehead atoms. The van der Waals surface area contributed by atoms with Crippen molar-refractivity contribution in [2.24, 2.45) is 17.6 Å². The molecule has 0 spiro atoms. The summed E-state index contributed by atoms with van der Waals surface area (Å²) in [5.74, 6) is -4.86. The van der Waals surface area contributed by atoms with E-state index in [2.05, 4.69) is 23.6 Å². The van der Waals surface area contributed by atoms with Gasteiger partial charge in [-0.1, -0.05) is 61.5 Å². The van der Waals surface area contributed by atoms with Crippen molar-refractivity contribution in [2.45, 2.75) is 38.5 Å². The fourth-order valence-electron chi connectivity index (χ4n) is 4.99. The van der Waals surface area contributed by atoms with Crippen LogP contribution in [0.2, 0.25) is 0 Å². The molecule has 0 saturated carbocycles. The van der Waals surface area contributed by atoms with E-state index >= 15 is 0 Å². The number of primary amides is 1. The molecule has 4 unspecified atom stereocenters. The Kier molecular flexibility index (Phi) is 11.7. The van der Waals surface area contributed by atoms with Crippen LogP contribution in [-0.4, -0.2) is 43.3 Å². The largest absolute Gasteiger partial charge is 0.391 e. The lowest BCUT2D eigenvalue weighted by molar-refractivity contribution is -0.130. The van der Waals surface area contributed by atoms with Crippen molar-refractivity contribution < 1.29 is 28.2 Å². The van der Waals surface area contributed by atoms with Gasteiger partial charge in [0.25, 0.3) is 0 Å². The number of methoxy groups -OCH3 is 1. The summed E-state index contributed by atoms with van der Waals surface area (Å²) >= 11 is 0. The van der Waals surface area contributed by atoms with Gasteiger partial charge in [0.2, 0.25) is 11.8 Å². The van der Waals surface area contributed by atoms with E-state index in [4.69, 9.17) is 10.5 Å². The highest BCUT2D eigenvalue weighted by Crippen LogP contribution is 2.33. The van der Waals surface area contributed by atoms with Gasteiger partial charge in [-0.2, -0.15) is 0 Å². The first-order chi connectivity index (χ1) is 19.2. The number of aliphatic hydroxyl groups excluding tert-OH is 1. The molecular weight excluding hydrogens is 516 g/mol. The number of carbonyl (C=O) groups excluding carboxylic acids is 2. The Hall–Kier alpha value is -3.66. The van der Waals surface area contributed by atoms with Gasteiger partial charge in [0.05, 0.1) is 18.1 Å². The summed E-state index contributed by atoms with van der Waals surface area (Å²) in [4.78, 5) is 25.7. The van der Waals surface area contributed by atoms with Gasteiger partial charge in [-0.3, -0.25) is 9.59 Å². The number of aliphatic hydroxyl groups is 1. The maximum Gasteiger partial charge on any atom is 0.246 e. The number of hydrogen-bond donors (Lipinski definition) is 4. The van der Waals surface area contributed by atoms with Crippen LogP contribution in [0.5, 0.6) is 0 Å². The Bertz CT molecular complexity index is 1240.